The number of carbonyl (C=O) groups excluding carboxylic acids is 1. The summed E-state index contributed by atoms with van der Waals surface area (Å²) in [6.45, 7) is 6.30. The molecule has 0 atom stereocenters. The summed E-state index contributed by atoms with van der Waals surface area (Å²) in [6.07, 6.45) is 3.49. The Labute approximate surface area is 121 Å². The summed E-state index contributed by atoms with van der Waals surface area (Å²) in [4.78, 5) is 12.4. The highest BCUT2D eigenvalue weighted by molar-refractivity contribution is 6.09. The molecular formula is C19H22O. The molecule has 0 aliphatic heterocycles. The van der Waals surface area contributed by atoms with Crippen LogP contribution in [0.1, 0.15) is 52.4 Å². The fraction of sp³-hybridized carbons (Fsp3) is 0.316. The van der Waals surface area contributed by atoms with Crippen LogP contribution < -0.4 is 0 Å². The van der Waals surface area contributed by atoms with Crippen molar-refractivity contribution in [3.63, 3.8) is 0 Å². The van der Waals surface area contributed by atoms with E-state index < -0.39 is 0 Å². The monoisotopic (exact) mass is 266 g/mol. The molecule has 104 valence electrons. The molecule has 1 nitrogen and oxygen atoms in total. The third-order valence-electron chi connectivity index (χ3n) is 3.80. The third-order valence-corrected chi connectivity index (χ3v) is 3.80. The summed E-state index contributed by atoms with van der Waals surface area (Å²) in [5, 5.41) is 0. The van der Waals surface area contributed by atoms with Crippen LogP contribution in [0.15, 0.2) is 42.5 Å². The molecule has 20 heavy (non-hydrogen) atoms. The molecule has 0 bridgehead atoms. The van der Waals surface area contributed by atoms with Gasteiger partial charge in [-0.1, -0.05) is 49.7 Å². The van der Waals surface area contributed by atoms with Crippen LogP contribution in [-0.4, -0.2) is 5.78 Å². The van der Waals surface area contributed by atoms with E-state index in [1.807, 2.05) is 37.3 Å². The van der Waals surface area contributed by atoms with Crippen molar-refractivity contribution in [2.45, 2.75) is 40.0 Å². The Hall–Kier alpha value is -1.89. The zero-order valence-corrected chi connectivity index (χ0v) is 12.6. The van der Waals surface area contributed by atoms with Crippen LogP contribution in [0, 0.1) is 13.8 Å². The van der Waals surface area contributed by atoms with Crippen molar-refractivity contribution >= 4 is 5.78 Å². The predicted molar refractivity (Wildman–Crippen MR) is 84.4 cm³/mol. The Kier molecular flexibility index (Phi) is 4.73. The van der Waals surface area contributed by atoms with Gasteiger partial charge in [-0.2, -0.15) is 0 Å². The first-order chi connectivity index (χ1) is 9.61. The number of carbonyl (C=O) groups is 1. The molecule has 0 saturated heterocycles. The van der Waals surface area contributed by atoms with Gasteiger partial charge in [0, 0.05) is 11.1 Å². The first-order valence-corrected chi connectivity index (χ1v) is 7.32. The van der Waals surface area contributed by atoms with E-state index in [2.05, 4.69) is 26.0 Å². The fourth-order valence-electron chi connectivity index (χ4n) is 2.25. The second-order valence-electron chi connectivity index (χ2n) is 5.43. The molecule has 0 unspecified atom stereocenters. The highest BCUT2D eigenvalue weighted by Crippen LogP contribution is 2.15. The van der Waals surface area contributed by atoms with Crippen molar-refractivity contribution in [3.05, 3.63) is 70.3 Å². The smallest absolute Gasteiger partial charge is 0.193 e. The van der Waals surface area contributed by atoms with Gasteiger partial charge in [0.15, 0.2) is 5.78 Å². The summed E-state index contributed by atoms with van der Waals surface area (Å²) in [7, 11) is 0. The van der Waals surface area contributed by atoms with Crippen molar-refractivity contribution in [2.24, 2.45) is 0 Å². The van der Waals surface area contributed by atoms with E-state index in [9.17, 15) is 4.79 Å². The number of benzene rings is 2. The fourth-order valence-corrected chi connectivity index (χ4v) is 2.25. The number of unbranched alkanes of at least 4 members (excludes halogenated alkanes) is 1. The number of ketones is 1. The summed E-state index contributed by atoms with van der Waals surface area (Å²) >= 11 is 0. The van der Waals surface area contributed by atoms with E-state index in [-0.39, 0.29) is 5.78 Å². The Balaban J connectivity index is 2.18. The van der Waals surface area contributed by atoms with E-state index in [0.717, 1.165) is 23.1 Å². The molecule has 0 aliphatic rings. The van der Waals surface area contributed by atoms with Crippen LogP contribution in [0.2, 0.25) is 0 Å². The summed E-state index contributed by atoms with van der Waals surface area (Å²) in [6, 6.07) is 13.9. The molecule has 0 spiro atoms. The first-order valence-electron chi connectivity index (χ1n) is 7.32. The van der Waals surface area contributed by atoms with E-state index in [1.165, 1.54) is 24.0 Å². The van der Waals surface area contributed by atoms with E-state index in [1.54, 1.807) is 0 Å². The van der Waals surface area contributed by atoms with Crippen LogP contribution >= 0.6 is 0 Å². The number of aryl methyl sites for hydroxylation is 3. The zero-order valence-electron chi connectivity index (χ0n) is 12.6. The SMILES string of the molecule is CCCCc1ccc(C(=O)c2ccc(C)c(C)c2)cc1. The highest BCUT2D eigenvalue weighted by atomic mass is 16.1. The summed E-state index contributed by atoms with van der Waals surface area (Å²) < 4.78 is 0. The van der Waals surface area contributed by atoms with Gasteiger partial charge in [-0.3, -0.25) is 4.79 Å². The van der Waals surface area contributed by atoms with Crippen LogP contribution in [0.3, 0.4) is 0 Å². The second kappa shape index (κ2) is 6.51. The van der Waals surface area contributed by atoms with E-state index in [0.29, 0.717) is 0 Å². The van der Waals surface area contributed by atoms with Crippen molar-refractivity contribution in [2.75, 3.05) is 0 Å². The molecule has 0 fully saturated rings. The molecule has 0 amide bonds. The average Bonchev–Trinajstić information content (AvgIpc) is 2.48. The lowest BCUT2D eigenvalue weighted by Crippen LogP contribution is -2.02. The summed E-state index contributed by atoms with van der Waals surface area (Å²) in [5.74, 6) is 0.107. The molecule has 2 aromatic carbocycles. The van der Waals surface area contributed by atoms with Crippen LogP contribution in [0.25, 0.3) is 0 Å². The summed E-state index contributed by atoms with van der Waals surface area (Å²) in [5.41, 5.74) is 5.23. The molecule has 0 radical (unpaired) electrons. The number of hydrogen-bond acceptors (Lipinski definition) is 1. The molecule has 1 heteroatoms. The minimum absolute atomic E-state index is 0.107. The average molecular weight is 266 g/mol. The van der Waals surface area contributed by atoms with Crippen LogP contribution in [-0.2, 0) is 6.42 Å². The van der Waals surface area contributed by atoms with Crippen LogP contribution in [0.4, 0.5) is 0 Å². The highest BCUT2D eigenvalue weighted by Gasteiger charge is 2.09. The zero-order chi connectivity index (χ0) is 14.5. The second-order valence-corrected chi connectivity index (χ2v) is 5.43. The Morgan fingerprint density at radius 1 is 0.900 bits per heavy atom. The third kappa shape index (κ3) is 3.36. The van der Waals surface area contributed by atoms with Gasteiger partial charge in [-0.15, -0.1) is 0 Å². The first kappa shape index (κ1) is 14.5. The quantitative estimate of drug-likeness (QED) is 0.705. The maximum Gasteiger partial charge on any atom is 0.193 e. The lowest BCUT2D eigenvalue weighted by molar-refractivity contribution is 0.103. The minimum Gasteiger partial charge on any atom is -0.289 e. The normalized spacial score (nSPS) is 10.6. The number of rotatable bonds is 5. The topological polar surface area (TPSA) is 17.1 Å². The Bertz CT molecular complexity index is 594. The maximum absolute atomic E-state index is 12.4. The van der Waals surface area contributed by atoms with Crippen molar-refractivity contribution < 1.29 is 4.79 Å². The van der Waals surface area contributed by atoms with Gasteiger partial charge in [0.1, 0.15) is 0 Å². The molecule has 2 rings (SSSR count). The van der Waals surface area contributed by atoms with Gasteiger partial charge in [0.2, 0.25) is 0 Å². The Morgan fingerprint density at radius 3 is 2.15 bits per heavy atom. The number of hydrogen-bond donors (Lipinski definition) is 0. The van der Waals surface area contributed by atoms with E-state index in [4.69, 9.17) is 0 Å². The molecule has 2 aromatic rings. The van der Waals surface area contributed by atoms with E-state index >= 15 is 0 Å². The molecule has 0 aliphatic carbocycles. The van der Waals surface area contributed by atoms with Crippen LogP contribution in [0.5, 0.6) is 0 Å². The Morgan fingerprint density at radius 2 is 1.55 bits per heavy atom. The standard InChI is InChI=1S/C19H22O/c1-4-5-6-16-8-11-17(12-9-16)19(20)18-10-7-14(2)15(3)13-18/h7-13H,4-6H2,1-3H3. The molecule has 0 N–H and O–H groups in total. The molecule has 0 heterocycles. The van der Waals surface area contributed by atoms with Gasteiger partial charge in [0.05, 0.1) is 0 Å². The van der Waals surface area contributed by atoms with Gasteiger partial charge in [-0.05, 0) is 49.4 Å². The largest absolute Gasteiger partial charge is 0.289 e. The predicted octanol–water partition coefficient (Wildman–Crippen LogP) is 4.88. The van der Waals surface area contributed by atoms with Crippen molar-refractivity contribution in [3.8, 4) is 0 Å². The van der Waals surface area contributed by atoms with Gasteiger partial charge >= 0.3 is 0 Å². The lowest BCUT2D eigenvalue weighted by Gasteiger charge is -2.06. The molecule has 0 aromatic heterocycles. The molecular weight excluding hydrogens is 244 g/mol. The van der Waals surface area contributed by atoms with Crippen molar-refractivity contribution in [1.82, 2.24) is 0 Å². The minimum atomic E-state index is 0.107. The van der Waals surface area contributed by atoms with Gasteiger partial charge in [0.25, 0.3) is 0 Å². The maximum atomic E-state index is 12.4. The van der Waals surface area contributed by atoms with Gasteiger partial charge in [-0.25, -0.2) is 0 Å². The van der Waals surface area contributed by atoms with Crippen molar-refractivity contribution in [1.29, 1.82) is 0 Å². The van der Waals surface area contributed by atoms with Gasteiger partial charge < -0.3 is 0 Å². The molecule has 0 saturated carbocycles. The lowest BCUT2D eigenvalue weighted by atomic mass is 9.98.